The largest absolute Gasteiger partial charge is 0.497 e. The van der Waals surface area contributed by atoms with Crippen molar-refractivity contribution in [3.05, 3.63) is 35.8 Å². The van der Waals surface area contributed by atoms with Gasteiger partial charge in [0.25, 0.3) is 0 Å². The second-order valence-corrected chi connectivity index (χ2v) is 6.13. The minimum atomic E-state index is -0.661. The van der Waals surface area contributed by atoms with Gasteiger partial charge in [0.15, 0.2) is 11.6 Å². The highest BCUT2D eigenvalue weighted by atomic mass is 19.1. The second-order valence-electron chi connectivity index (χ2n) is 6.13. The van der Waals surface area contributed by atoms with Crippen molar-refractivity contribution in [3.8, 4) is 11.4 Å². The van der Waals surface area contributed by atoms with E-state index in [1.54, 1.807) is 0 Å². The summed E-state index contributed by atoms with van der Waals surface area (Å²) in [6.45, 7) is 5.83. The van der Waals surface area contributed by atoms with Gasteiger partial charge in [0.2, 0.25) is 0 Å². The quantitative estimate of drug-likeness (QED) is 0.863. The molecule has 0 saturated carbocycles. The van der Waals surface area contributed by atoms with Gasteiger partial charge in [-0.25, -0.2) is 13.8 Å². The van der Waals surface area contributed by atoms with Crippen molar-refractivity contribution in [1.82, 2.24) is 9.55 Å². The summed E-state index contributed by atoms with van der Waals surface area (Å²) >= 11 is 0. The molecule has 2 heterocycles. The number of aryl methyl sites for hydroxylation is 1. The maximum atomic E-state index is 14.4. The van der Waals surface area contributed by atoms with Crippen molar-refractivity contribution in [2.45, 2.75) is 26.7 Å². The first-order valence-electron chi connectivity index (χ1n) is 7.83. The van der Waals surface area contributed by atoms with E-state index in [4.69, 9.17) is 4.74 Å². The van der Waals surface area contributed by atoms with Crippen LogP contribution in [0.25, 0.3) is 5.69 Å². The molecule has 1 aliphatic rings. The summed E-state index contributed by atoms with van der Waals surface area (Å²) in [5, 5.41) is 0. The zero-order valence-corrected chi connectivity index (χ0v) is 13.6. The first-order valence-corrected chi connectivity index (χ1v) is 7.83. The van der Waals surface area contributed by atoms with Crippen LogP contribution < -0.4 is 9.64 Å². The molecule has 2 aromatic rings. The molecule has 0 aliphatic carbocycles. The maximum absolute atomic E-state index is 14.4. The van der Waals surface area contributed by atoms with Crippen molar-refractivity contribution in [2.24, 2.45) is 5.92 Å². The lowest BCUT2D eigenvalue weighted by Crippen LogP contribution is -2.34. The normalized spacial score (nSPS) is 16.0. The summed E-state index contributed by atoms with van der Waals surface area (Å²) < 4.78 is 35.3. The van der Waals surface area contributed by atoms with Gasteiger partial charge in [-0.2, -0.15) is 0 Å². The lowest BCUT2D eigenvalue weighted by Gasteiger charge is -2.33. The zero-order valence-electron chi connectivity index (χ0n) is 13.6. The first-order chi connectivity index (χ1) is 11.0. The number of rotatable bonds is 3. The molecular formula is C17H21F2N3O. The number of piperidine rings is 1. The van der Waals surface area contributed by atoms with Crippen LogP contribution in [0.5, 0.6) is 5.75 Å². The minimum absolute atomic E-state index is 0.111. The van der Waals surface area contributed by atoms with Gasteiger partial charge in [0.05, 0.1) is 12.8 Å². The van der Waals surface area contributed by atoms with Gasteiger partial charge >= 0.3 is 0 Å². The summed E-state index contributed by atoms with van der Waals surface area (Å²) in [6, 6.07) is 2.38. The number of halogens is 2. The third-order valence-electron chi connectivity index (χ3n) is 4.47. The number of hydrogen-bond donors (Lipinski definition) is 0. The molecule has 4 nitrogen and oxygen atoms in total. The van der Waals surface area contributed by atoms with Crippen molar-refractivity contribution < 1.29 is 13.5 Å². The van der Waals surface area contributed by atoms with Crippen LogP contribution >= 0.6 is 0 Å². The van der Waals surface area contributed by atoms with E-state index in [1.807, 2.05) is 6.92 Å². The highest BCUT2D eigenvalue weighted by molar-refractivity contribution is 5.53. The summed E-state index contributed by atoms with van der Waals surface area (Å²) in [5.41, 5.74) is 0.661. The van der Waals surface area contributed by atoms with Gasteiger partial charge in [-0.3, -0.25) is 4.57 Å². The van der Waals surface area contributed by atoms with Gasteiger partial charge in [0, 0.05) is 25.2 Å². The maximum Gasteiger partial charge on any atom is 0.153 e. The minimum Gasteiger partial charge on any atom is -0.497 e. The summed E-state index contributed by atoms with van der Waals surface area (Å²) in [6.07, 6.45) is 3.62. The fourth-order valence-electron chi connectivity index (χ4n) is 3.09. The number of anilines is 1. The molecule has 0 spiro atoms. The molecule has 0 bridgehead atoms. The molecule has 1 aromatic heterocycles. The third-order valence-corrected chi connectivity index (χ3v) is 4.47. The first kappa shape index (κ1) is 15.8. The van der Waals surface area contributed by atoms with E-state index in [0.717, 1.165) is 37.4 Å². The van der Waals surface area contributed by atoms with Crippen molar-refractivity contribution in [2.75, 3.05) is 25.1 Å². The Bertz CT molecular complexity index is 683. The van der Waals surface area contributed by atoms with Crippen molar-refractivity contribution in [3.63, 3.8) is 0 Å². The number of benzene rings is 1. The van der Waals surface area contributed by atoms with E-state index in [9.17, 15) is 8.78 Å². The van der Waals surface area contributed by atoms with Crippen LogP contribution in [0.3, 0.4) is 0 Å². The molecule has 23 heavy (non-hydrogen) atoms. The van der Waals surface area contributed by atoms with Gasteiger partial charge < -0.3 is 9.64 Å². The molecule has 1 saturated heterocycles. The lowest BCUT2D eigenvalue weighted by molar-refractivity contribution is 0.406. The Labute approximate surface area is 134 Å². The van der Waals surface area contributed by atoms with Gasteiger partial charge in [-0.1, -0.05) is 6.92 Å². The van der Waals surface area contributed by atoms with Crippen LogP contribution in [0, 0.1) is 24.5 Å². The smallest absolute Gasteiger partial charge is 0.153 e. The van der Waals surface area contributed by atoms with Crippen LogP contribution in [-0.4, -0.2) is 29.8 Å². The second kappa shape index (κ2) is 6.18. The average Bonchev–Trinajstić information content (AvgIpc) is 2.89. The monoisotopic (exact) mass is 321 g/mol. The number of ether oxygens (including phenoxy) is 1. The molecule has 0 amide bonds. The van der Waals surface area contributed by atoms with E-state index in [0.29, 0.717) is 5.92 Å². The standard InChI is InChI=1S/C17H21F2N3O/c1-11-4-6-21(7-5-11)17-12(2)20-10-22(17)16-14(18)8-13(23-3)9-15(16)19/h8-11H,4-7H2,1-3H3. The van der Waals surface area contributed by atoms with E-state index in [2.05, 4.69) is 16.8 Å². The predicted octanol–water partition coefficient (Wildman–Crippen LogP) is 3.70. The summed E-state index contributed by atoms with van der Waals surface area (Å²) in [4.78, 5) is 6.43. The van der Waals surface area contributed by atoms with Crippen molar-refractivity contribution in [1.29, 1.82) is 0 Å². The van der Waals surface area contributed by atoms with E-state index >= 15 is 0 Å². The molecule has 6 heteroatoms. The number of methoxy groups -OCH3 is 1. The van der Waals surface area contributed by atoms with Gasteiger partial charge in [-0.15, -0.1) is 0 Å². The van der Waals surface area contributed by atoms with E-state index < -0.39 is 11.6 Å². The Hall–Kier alpha value is -2.11. The topological polar surface area (TPSA) is 30.3 Å². The summed E-state index contributed by atoms with van der Waals surface area (Å²) in [5.74, 6) is 0.281. The Balaban J connectivity index is 2.05. The predicted molar refractivity (Wildman–Crippen MR) is 85.4 cm³/mol. The Morgan fingerprint density at radius 1 is 1.17 bits per heavy atom. The molecule has 0 atom stereocenters. The van der Waals surface area contributed by atoms with Gasteiger partial charge in [0.1, 0.15) is 23.6 Å². The van der Waals surface area contributed by atoms with Crippen LogP contribution in [0.1, 0.15) is 25.5 Å². The molecule has 0 radical (unpaired) electrons. The molecule has 124 valence electrons. The molecule has 1 fully saturated rings. The van der Waals surface area contributed by atoms with Crippen LogP contribution in [0.2, 0.25) is 0 Å². The third kappa shape index (κ3) is 2.90. The number of imidazole rings is 1. The van der Waals surface area contributed by atoms with E-state index in [1.165, 1.54) is 30.1 Å². The lowest BCUT2D eigenvalue weighted by atomic mass is 9.99. The van der Waals surface area contributed by atoms with Crippen molar-refractivity contribution >= 4 is 5.82 Å². The molecule has 0 unspecified atom stereocenters. The molecule has 3 rings (SSSR count). The zero-order chi connectivity index (χ0) is 16.6. The molecule has 1 aliphatic heterocycles. The molecule has 1 aromatic carbocycles. The van der Waals surface area contributed by atoms with Crippen LogP contribution in [-0.2, 0) is 0 Å². The highest BCUT2D eigenvalue weighted by Gasteiger charge is 2.24. The van der Waals surface area contributed by atoms with Crippen LogP contribution in [0.15, 0.2) is 18.5 Å². The fourth-order valence-corrected chi connectivity index (χ4v) is 3.09. The Kier molecular flexibility index (Phi) is 4.24. The van der Waals surface area contributed by atoms with E-state index in [-0.39, 0.29) is 11.4 Å². The number of aromatic nitrogens is 2. The van der Waals surface area contributed by atoms with Crippen LogP contribution in [0.4, 0.5) is 14.6 Å². The highest BCUT2D eigenvalue weighted by Crippen LogP contribution is 2.31. The Morgan fingerprint density at radius 3 is 2.35 bits per heavy atom. The van der Waals surface area contributed by atoms with Gasteiger partial charge in [-0.05, 0) is 25.7 Å². The number of hydrogen-bond acceptors (Lipinski definition) is 3. The number of nitrogens with zero attached hydrogens (tertiary/aromatic N) is 3. The Morgan fingerprint density at radius 2 is 1.78 bits per heavy atom. The average molecular weight is 321 g/mol. The summed E-state index contributed by atoms with van der Waals surface area (Å²) in [7, 11) is 1.38. The SMILES string of the molecule is COc1cc(F)c(-n2cnc(C)c2N2CCC(C)CC2)c(F)c1. The molecule has 0 N–H and O–H groups in total. The molecular weight excluding hydrogens is 300 g/mol. The fraction of sp³-hybridized carbons (Fsp3) is 0.471.